The molecule has 2 aromatic heterocycles. The van der Waals surface area contributed by atoms with Gasteiger partial charge in [0.05, 0.1) is 6.33 Å². The van der Waals surface area contributed by atoms with Crippen molar-refractivity contribution in [2.75, 3.05) is 0 Å². The Morgan fingerprint density at radius 2 is 1.85 bits per heavy atom. The van der Waals surface area contributed by atoms with Crippen LogP contribution >= 0.6 is 23.2 Å². The number of aryl methyl sites for hydroxylation is 2. The van der Waals surface area contributed by atoms with Crippen LogP contribution in [0.5, 0.6) is 0 Å². The third-order valence-corrected chi connectivity index (χ3v) is 3.38. The third-order valence-electron chi connectivity index (χ3n) is 2.95. The lowest BCUT2D eigenvalue weighted by molar-refractivity contribution is 0.625. The highest BCUT2D eigenvalue weighted by Gasteiger charge is 2.10. The molecule has 0 bridgehead atoms. The molecule has 0 aliphatic rings. The molecule has 0 aliphatic heterocycles. The van der Waals surface area contributed by atoms with Crippen molar-refractivity contribution in [3.63, 3.8) is 0 Å². The molecule has 2 heterocycles. The minimum atomic E-state index is -0.242. The zero-order valence-electron chi connectivity index (χ0n) is 10.2. The van der Waals surface area contributed by atoms with Crippen molar-refractivity contribution >= 4 is 34.4 Å². The highest BCUT2D eigenvalue weighted by molar-refractivity contribution is 6.35. The number of nitrogens with zero attached hydrogens (tertiary/aromatic N) is 4. The Hall–Kier alpha value is -1.72. The summed E-state index contributed by atoms with van der Waals surface area (Å²) in [4.78, 5) is 12.2. The highest BCUT2D eigenvalue weighted by atomic mass is 35.5. The summed E-state index contributed by atoms with van der Waals surface area (Å²) in [5.41, 5.74) is 2.15. The van der Waals surface area contributed by atoms with Crippen molar-refractivity contribution in [1.82, 2.24) is 19.5 Å². The van der Waals surface area contributed by atoms with E-state index in [0.717, 1.165) is 12.0 Å². The normalized spacial score (nSPS) is 11.2. The van der Waals surface area contributed by atoms with Gasteiger partial charge in [0.1, 0.15) is 11.3 Å². The summed E-state index contributed by atoms with van der Waals surface area (Å²) in [5.74, 6) is -0.242. The van der Waals surface area contributed by atoms with E-state index in [2.05, 4.69) is 15.0 Å². The molecule has 7 heteroatoms. The van der Waals surface area contributed by atoms with Gasteiger partial charge in [-0.15, -0.1) is 0 Å². The van der Waals surface area contributed by atoms with E-state index >= 15 is 0 Å². The van der Waals surface area contributed by atoms with Gasteiger partial charge < -0.3 is 4.57 Å². The first-order valence-corrected chi connectivity index (χ1v) is 6.67. The summed E-state index contributed by atoms with van der Waals surface area (Å²) in [6, 6.07) is 6.39. The van der Waals surface area contributed by atoms with Crippen LogP contribution in [-0.2, 0) is 13.0 Å². The second-order valence-electron chi connectivity index (χ2n) is 4.27. The molecule has 3 rings (SSSR count). The van der Waals surface area contributed by atoms with E-state index in [1.54, 1.807) is 18.5 Å². The van der Waals surface area contributed by atoms with Crippen LogP contribution in [0.15, 0.2) is 30.6 Å². The van der Waals surface area contributed by atoms with Crippen LogP contribution in [0.1, 0.15) is 5.56 Å². The maximum Gasteiger partial charge on any atom is 0.225 e. The fourth-order valence-electron chi connectivity index (χ4n) is 1.95. The molecule has 0 atom stereocenters. The molecular weight excluding hydrogens is 302 g/mol. The molecule has 3 aromatic rings. The van der Waals surface area contributed by atoms with Crippen molar-refractivity contribution in [3.8, 4) is 0 Å². The van der Waals surface area contributed by atoms with Gasteiger partial charge in [0, 0.05) is 6.54 Å². The third kappa shape index (κ3) is 2.59. The average Bonchev–Trinajstić information content (AvgIpc) is 2.81. The van der Waals surface area contributed by atoms with E-state index in [-0.39, 0.29) is 16.3 Å². The standard InChI is InChI=1S/C13H9Cl2FN4/c14-11-10-12(19-13(15)18-11)20(7-17-10)6-5-8-1-3-9(16)4-2-8/h1-4,7H,5-6H2. The fourth-order valence-corrected chi connectivity index (χ4v) is 2.37. The van der Waals surface area contributed by atoms with E-state index in [4.69, 9.17) is 23.2 Å². The monoisotopic (exact) mass is 310 g/mol. The van der Waals surface area contributed by atoms with E-state index < -0.39 is 0 Å². The summed E-state index contributed by atoms with van der Waals surface area (Å²) in [6.07, 6.45) is 2.37. The summed E-state index contributed by atoms with van der Waals surface area (Å²) in [7, 11) is 0. The second kappa shape index (κ2) is 5.34. The summed E-state index contributed by atoms with van der Waals surface area (Å²) >= 11 is 11.8. The van der Waals surface area contributed by atoms with Crippen LogP contribution < -0.4 is 0 Å². The Balaban J connectivity index is 1.86. The van der Waals surface area contributed by atoms with Gasteiger partial charge in [-0.25, -0.2) is 14.4 Å². The summed E-state index contributed by atoms with van der Waals surface area (Å²) in [6.45, 7) is 0.645. The van der Waals surface area contributed by atoms with E-state index in [1.807, 2.05) is 4.57 Å². The van der Waals surface area contributed by atoms with Gasteiger partial charge in [0.2, 0.25) is 5.28 Å². The number of hydrogen-bond acceptors (Lipinski definition) is 3. The maximum atomic E-state index is 12.8. The molecule has 0 radical (unpaired) electrons. The lowest BCUT2D eigenvalue weighted by Gasteiger charge is -2.04. The van der Waals surface area contributed by atoms with E-state index in [1.165, 1.54) is 12.1 Å². The fraction of sp³-hybridized carbons (Fsp3) is 0.154. The molecule has 0 saturated carbocycles. The second-order valence-corrected chi connectivity index (χ2v) is 4.97. The van der Waals surface area contributed by atoms with Gasteiger partial charge in [-0.05, 0) is 35.7 Å². The Kier molecular flexibility index (Phi) is 3.54. The molecule has 0 aliphatic carbocycles. The van der Waals surface area contributed by atoms with Gasteiger partial charge in [0.25, 0.3) is 0 Å². The van der Waals surface area contributed by atoms with Gasteiger partial charge >= 0.3 is 0 Å². The number of imidazole rings is 1. The first kappa shape index (κ1) is 13.3. The van der Waals surface area contributed by atoms with Crippen molar-refractivity contribution in [1.29, 1.82) is 0 Å². The molecule has 0 amide bonds. The first-order valence-electron chi connectivity index (χ1n) is 5.92. The van der Waals surface area contributed by atoms with Crippen molar-refractivity contribution in [2.45, 2.75) is 13.0 Å². The van der Waals surface area contributed by atoms with Gasteiger partial charge in [0.15, 0.2) is 10.8 Å². The van der Waals surface area contributed by atoms with E-state index in [0.29, 0.717) is 17.7 Å². The Labute approximate surface area is 124 Å². The topological polar surface area (TPSA) is 43.6 Å². The quantitative estimate of drug-likeness (QED) is 0.549. The molecular formula is C13H9Cl2FN4. The number of fused-ring (bicyclic) bond motifs is 1. The average molecular weight is 311 g/mol. The lowest BCUT2D eigenvalue weighted by atomic mass is 10.1. The Morgan fingerprint density at radius 1 is 1.10 bits per heavy atom. The zero-order chi connectivity index (χ0) is 14.1. The summed E-state index contributed by atoms with van der Waals surface area (Å²) in [5, 5.41) is 0.326. The zero-order valence-corrected chi connectivity index (χ0v) is 11.7. The molecule has 1 aromatic carbocycles. The van der Waals surface area contributed by atoms with Gasteiger partial charge in [-0.3, -0.25) is 0 Å². The number of hydrogen-bond donors (Lipinski definition) is 0. The minimum absolute atomic E-state index is 0.0889. The number of benzene rings is 1. The van der Waals surface area contributed by atoms with Crippen LogP contribution in [0.3, 0.4) is 0 Å². The van der Waals surface area contributed by atoms with Crippen LogP contribution in [0.4, 0.5) is 4.39 Å². The molecule has 0 fully saturated rings. The largest absolute Gasteiger partial charge is 0.315 e. The van der Waals surface area contributed by atoms with Crippen molar-refractivity contribution in [2.24, 2.45) is 0 Å². The van der Waals surface area contributed by atoms with Gasteiger partial charge in [-0.2, -0.15) is 4.98 Å². The minimum Gasteiger partial charge on any atom is -0.315 e. The predicted molar refractivity (Wildman–Crippen MR) is 75.4 cm³/mol. The SMILES string of the molecule is Fc1ccc(CCn2cnc3c(Cl)nc(Cl)nc32)cc1. The van der Waals surface area contributed by atoms with Crippen LogP contribution in [0, 0.1) is 5.82 Å². The Morgan fingerprint density at radius 3 is 2.60 bits per heavy atom. The van der Waals surface area contributed by atoms with Crippen LogP contribution in [0.2, 0.25) is 10.4 Å². The van der Waals surface area contributed by atoms with Gasteiger partial charge in [-0.1, -0.05) is 23.7 Å². The molecule has 4 nitrogen and oxygen atoms in total. The molecule has 20 heavy (non-hydrogen) atoms. The molecule has 0 unspecified atom stereocenters. The van der Waals surface area contributed by atoms with Crippen molar-refractivity contribution < 1.29 is 4.39 Å². The first-order chi connectivity index (χ1) is 9.63. The van der Waals surface area contributed by atoms with E-state index in [9.17, 15) is 4.39 Å². The molecule has 102 valence electrons. The van der Waals surface area contributed by atoms with Crippen LogP contribution in [0.25, 0.3) is 11.2 Å². The predicted octanol–water partition coefficient (Wildman–Crippen LogP) is 3.51. The molecule has 0 N–H and O–H groups in total. The Bertz CT molecular complexity index is 755. The number of rotatable bonds is 3. The van der Waals surface area contributed by atoms with Crippen LogP contribution in [-0.4, -0.2) is 19.5 Å². The number of aromatic nitrogens is 4. The summed E-state index contributed by atoms with van der Waals surface area (Å²) < 4.78 is 14.7. The maximum absolute atomic E-state index is 12.8. The highest BCUT2D eigenvalue weighted by Crippen LogP contribution is 2.20. The molecule has 0 spiro atoms. The number of halogens is 3. The smallest absolute Gasteiger partial charge is 0.225 e. The van der Waals surface area contributed by atoms with Crippen molar-refractivity contribution in [3.05, 3.63) is 52.4 Å². The lowest BCUT2D eigenvalue weighted by Crippen LogP contribution is -2.01. The molecule has 0 saturated heterocycles.